The van der Waals surface area contributed by atoms with Gasteiger partial charge in [0.2, 0.25) is 0 Å². The molecular formula is C46H72O2S2. The smallest absolute Gasteiger partial charge is 0.123 e. The van der Waals surface area contributed by atoms with E-state index in [1.165, 1.54) is 170 Å². The van der Waals surface area contributed by atoms with Crippen molar-refractivity contribution in [1.29, 1.82) is 0 Å². The van der Waals surface area contributed by atoms with Crippen LogP contribution in [0.3, 0.4) is 0 Å². The molecule has 1 atom stereocenters. The number of phenols is 2. The van der Waals surface area contributed by atoms with Gasteiger partial charge in [0.15, 0.2) is 0 Å². The van der Waals surface area contributed by atoms with Gasteiger partial charge in [-0.1, -0.05) is 134 Å². The largest absolute Gasteiger partial charge is 0.507 e. The van der Waals surface area contributed by atoms with Gasteiger partial charge in [-0.3, -0.25) is 0 Å². The molecule has 0 bridgehead atoms. The first-order chi connectivity index (χ1) is 24.5. The van der Waals surface area contributed by atoms with E-state index in [0.29, 0.717) is 35.0 Å². The van der Waals surface area contributed by atoms with Crippen LogP contribution in [0.15, 0.2) is 24.3 Å². The zero-order chi connectivity index (χ0) is 35.1. The van der Waals surface area contributed by atoms with Gasteiger partial charge in [0, 0.05) is 27.9 Å². The van der Waals surface area contributed by atoms with Gasteiger partial charge in [0.1, 0.15) is 11.5 Å². The Balaban J connectivity index is 0.000000205. The van der Waals surface area contributed by atoms with Gasteiger partial charge < -0.3 is 10.2 Å². The number of benzene rings is 2. The molecule has 2 nitrogen and oxygen atoms in total. The minimum Gasteiger partial charge on any atom is -0.507 e. The second-order valence-corrected chi connectivity index (χ2v) is 18.2. The molecule has 0 aromatic heterocycles. The number of thioether (sulfide) groups is 1. The first kappa shape index (κ1) is 39.9. The molecule has 4 saturated carbocycles. The number of aromatic hydroxyl groups is 2. The van der Waals surface area contributed by atoms with Gasteiger partial charge in [0.25, 0.3) is 0 Å². The van der Waals surface area contributed by atoms with Crippen molar-refractivity contribution < 1.29 is 10.2 Å². The van der Waals surface area contributed by atoms with Crippen LogP contribution < -0.4 is 0 Å². The lowest BCUT2D eigenvalue weighted by atomic mass is 9.79. The highest BCUT2D eigenvalue weighted by molar-refractivity contribution is 7.99. The Morgan fingerprint density at radius 3 is 1.62 bits per heavy atom. The van der Waals surface area contributed by atoms with Crippen molar-refractivity contribution in [2.24, 2.45) is 0 Å². The standard InChI is InChI=1S/C27H42OS.C19H30OS/c28-27-24(20-29-25-16-10-2-1-3-11-17-25)18-23(21-12-6-4-7-13-21)19-26(27)22-14-8-5-9-15-22;1-3-8-14(4-2)18-12-16(11-17(13-21)19(18)20)15-9-6-5-7-10-15/h18-19,21-22,25,28H,1-17,20H2;11-12,14-15,20-21H,3-10,13H2,1-2H3. The fraction of sp³-hybridized carbons (Fsp3) is 0.739. The Morgan fingerprint density at radius 1 is 0.600 bits per heavy atom. The monoisotopic (exact) mass is 720 g/mol. The van der Waals surface area contributed by atoms with Crippen LogP contribution in [0.2, 0.25) is 0 Å². The Bertz CT molecular complexity index is 1260. The average Bonchev–Trinajstić information content (AvgIpc) is 3.15. The molecule has 0 radical (unpaired) electrons. The van der Waals surface area contributed by atoms with Crippen LogP contribution in [0.4, 0.5) is 0 Å². The third kappa shape index (κ3) is 11.4. The van der Waals surface area contributed by atoms with Gasteiger partial charge in [-0.15, -0.1) is 0 Å². The van der Waals surface area contributed by atoms with E-state index >= 15 is 0 Å². The highest BCUT2D eigenvalue weighted by Crippen LogP contribution is 2.44. The molecule has 2 N–H and O–H groups in total. The Labute approximate surface area is 317 Å². The second-order valence-electron chi connectivity index (χ2n) is 16.6. The van der Waals surface area contributed by atoms with Crippen LogP contribution in [-0.2, 0) is 11.5 Å². The summed E-state index contributed by atoms with van der Waals surface area (Å²) < 4.78 is 0. The molecule has 0 spiro atoms. The van der Waals surface area contributed by atoms with Crippen LogP contribution in [0.5, 0.6) is 11.5 Å². The van der Waals surface area contributed by atoms with E-state index in [4.69, 9.17) is 0 Å². The Morgan fingerprint density at radius 2 is 1.08 bits per heavy atom. The number of hydrogen-bond acceptors (Lipinski definition) is 4. The molecule has 4 heteroatoms. The number of thiol groups is 1. The summed E-state index contributed by atoms with van der Waals surface area (Å²) in [5, 5.41) is 22.7. The third-order valence-corrected chi connectivity index (χ3v) is 14.7. The van der Waals surface area contributed by atoms with Crippen LogP contribution in [0.1, 0.15) is 231 Å². The molecule has 2 aromatic rings. The summed E-state index contributed by atoms with van der Waals surface area (Å²) in [4.78, 5) is 0. The summed E-state index contributed by atoms with van der Waals surface area (Å²) in [6, 6.07) is 9.36. The molecule has 2 aromatic carbocycles. The SMILES string of the molecule is CCCC(CC)c1cc(C2CCCCC2)cc(CS)c1O.Oc1c(CSC2CCCCCCC2)cc(C2CCCCC2)cc1C1CCCCC1. The molecular weight excluding hydrogens is 649 g/mol. The molecule has 0 saturated heterocycles. The number of rotatable bonds is 11. The van der Waals surface area contributed by atoms with Gasteiger partial charge >= 0.3 is 0 Å². The van der Waals surface area contributed by atoms with Crippen molar-refractivity contribution in [2.75, 3.05) is 0 Å². The van der Waals surface area contributed by atoms with E-state index in [2.05, 4.69) is 62.5 Å². The van der Waals surface area contributed by atoms with Crippen molar-refractivity contribution in [3.63, 3.8) is 0 Å². The Hall–Kier alpha value is -1.26. The molecule has 0 heterocycles. The summed E-state index contributed by atoms with van der Waals surface area (Å²) in [5.41, 5.74) is 7.75. The topological polar surface area (TPSA) is 40.5 Å². The second kappa shape index (κ2) is 21.4. The summed E-state index contributed by atoms with van der Waals surface area (Å²) in [7, 11) is 0. The van der Waals surface area contributed by atoms with Crippen molar-refractivity contribution in [1.82, 2.24) is 0 Å². The van der Waals surface area contributed by atoms with E-state index in [-0.39, 0.29) is 0 Å². The molecule has 280 valence electrons. The highest BCUT2D eigenvalue weighted by Gasteiger charge is 2.25. The van der Waals surface area contributed by atoms with Gasteiger partial charge in [-0.2, -0.15) is 24.4 Å². The number of hydrogen-bond donors (Lipinski definition) is 3. The van der Waals surface area contributed by atoms with E-state index in [1.807, 2.05) is 0 Å². The molecule has 0 amide bonds. The quantitative estimate of drug-likeness (QED) is 0.202. The fourth-order valence-electron chi connectivity index (χ4n) is 9.82. The third-order valence-electron chi connectivity index (χ3n) is 12.9. The van der Waals surface area contributed by atoms with Crippen molar-refractivity contribution in [3.05, 3.63) is 57.6 Å². The van der Waals surface area contributed by atoms with Crippen molar-refractivity contribution in [2.45, 2.75) is 215 Å². The molecule has 4 fully saturated rings. The maximum atomic E-state index is 11.3. The maximum Gasteiger partial charge on any atom is 0.123 e. The summed E-state index contributed by atoms with van der Waals surface area (Å²) >= 11 is 6.57. The lowest BCUT2D eigenvalue weighted by molar-refractivity contribution is 0.408. The van der Waals surface area contributed by atoms with Gasteiger partial charge in [-0.25, -0.2) is 0 Å². The first-order valence-electron chi connectivity index (χ1n) is 21.5. The highest BCUT2D eigenvalue weighted by atomic mass is 32.2. The summed E-state index contributed by atoms with van der Waals surface area (Å²) in [5.74, 6) is 5.31. The van der Waals surface area contributed by atoms with E-state index in [1.54, 1.807) is 5.56 Å². The Kier molecular flexibility index (Phi) is 17.1. The molecule has 4 aliphatic rings. The lowest BCUT2D eigenvalue weighted by Gasteiger charge is -2.28. The zero-order valence-electron chi connectivity index (χ0n) is 32.0. The first-order valence-corrected chi connectivity index (χ1v) is 23.1. The molecule has 6 rings (SSSR count). The van der Waals surface area contributed by atoms with Crippen LogP contribution in [0, 0.1) is 0 Å². The normalized spacial score (nSPS) is 21.2. The zero-order valence-corrected chi connectivity index (χ0v) is 33.7. The summed E-state index contributed by atoms with van der Waals surface area (Å²) in [6.07, 6.45) is 33.4. The predicted molar refractivity (Wildman–Crippen MR) is 222 cm³/mol. The van der Waals surface area contributed by atoms with Crippen molar-refractivity contribution >= 4 is 24.4 Å². The van der Waals surface area contributed by atoms with Gasteiger partial charge in [-0.05, 0) is 110 Å². The van der Waals surface area contributed by atoms with Crippen molar-refractivity contribution in [3.8, 4) is 11.5 Å². The molecule has 4 aliphatic carbocycles. The number of phenolic OH excluding ortho intramolecular Hbond substituents is 2. The lowest BCUT2D eigenvalue weighted by Crippen LogP contribution is -2.10. The van der Waals surface area contributed by atoms with E-state index < -0.39 is 0 Å². The van der Waals surface area contributed by atoms with E-state index in [9.17, 15) is 10.2 Å². The predicted octanol–water partition coefficient (Wildman–Crippen LogP) is 15.0. The minimum atomic E-state index is 0.483. The molecule has 1 unspecified atom stereocenters. The van der Waals surface area contributed by atoms with Crippen LogP contribution >= 0.6 is 24.4 Å². The van der Waals surface area contributed by atoms with Crippen LogP contribution in [-0.4, -0.2) is 15.5 Å². The molecule has 50 heavy (non-hydrogen) atoms. The van der Waals surface area contributed by atoms with Crippen LogP contribution in [0.25, 0.3) is 0 Å². The molecule has 0 aliphatic heterocycles. The van der Waals surface area contributed by atoms with E-state index in [0.717, 1.165) is 35.3 Å². The summed E-state index contributed by atoms with van der Waals surface area (Å²) in [6.45, 7) is 4.46. The maximum absolute atomic E-state index is 11.3. The van der Waals surface area contributed by atoms with Gasteiger partial charge in [0.05, 0.1) is 0 Å². The fourth-order valence-corrected chi connectivity index (χ4v) is 11.4. The minimum absolute atomic E-state index is 0.483. The average molecular weight is 721 g/mol.